The SMILES string of the molecule is CCC(O)(S)c1c(O)c(C)c2c(c1O)CC(C)(O)C2.CCCC(CC)C(C(N)=O)(c1ccccc1)c1ccccc1.CO. The van der Waals surface area contributed by atoms with E-state index in [0.29, 0.717) is 24.0 Å². The van der Waals surface area contributed by atoms with Crippen molar-refractivity contribution in [1.82, 2.24) is 0 Å². The van der Waals surface area contributed by atoms with Crippen LogP contribution in [0.4, 0.5) is 0 Å². The predicted octanol–water partition coefficient (Wildman–Crippen LogP) is 5.63. The molecule has 3 aromatic carbocycles. The summed E-state index contributed by atoms with van der Waals surface area (Å²) >= 11 is 4.12. The van der Waals surface area contributed by atoms with Crippen LogP contribution < -0.4 is 5.73 Å². The zero-order chi connectivity index (χ0) is 32.6. The largest absolute Gasteiger partial charge is 0.507 e. The number of amides is 1. The molecule has 4 rings (SSSR count). The second-order valence-corrected chi connectivity index (χ2v) is 12.2. The number of thiol groups is 1. The van der Waals surface area contributed by atoms with E-state index in [9.17, 15) is 25.2 Å². The number of aliphatic hydroxyl groups is 3. The Morgan fingerprint density at radius 1 is 0.930 bits per heavy atom. The molecular weight excluding hydrogens is 562 g/mol. The summed E-state index contributed by atoms with van der Waals surface area (Å²) in [5.41, 5.74) is 8.27. The van der Waals surface area contributed by atoms with Crippen LogP contribution in [-0.4, -0.2) is 44.2 Å². The molecule has 1 amide bonds. The van der Waals surface area contributed by atoms with Crippen molar-refractivity contribution in [2.24, 2.45) is 11.7 Å². The summed E-state index contributed by atoms with van der Waals surface area (Å²) < 4.78 is 0. The zero-order valence-electron chi connectivity index (χ0n) is 26.3. The van der Waals surface area contributed by atoms with E-state index in [1.54, 1.807) is 20.8 Å². The minimum atomic E-state index is -1.59. The molecule has 1 aliphatic carbocycles. The van der Waals surface area contributed by atoms with Gasteiger partial charge in [0.2, 0.25) is 5.91 Å². The van der Waals surface area contributed by atoms with E-state index in [-0.39, 0.29) is 35.3 Å². The van der Waals surface area contributed by atoms with Gasteiger partial charge in [0.25, 0.3) is 0 Å². The molecule has 0 spiro atoms. The normalized spacial score (nSPS) is 17.8. The van der Waals surface area contributed by atoms with Crippen LogP contribution >= 0.6 is 12.6 Å². The topological polar surface area (TPSA) is 144 Å². The number of hydrogen-bond acceptors (Lipinski definition) is 7. The lowest BCUT2D eigenvalue weighted by atomic mass is 9.63. The number of fused-ring (bicyclic) bond motifs is 1. The van der Waals surface area contributed by atoms with E-state index in [1.807, 2.05) is 60.7 Å². The Balaban J connectivity index is 0.000000286. The first-order valence-electron chi connectivity index (χ1n) is 14.9. The molecule has 7 N–H and O–H groups in total. The van der Waals surface area contributed by atoms with Gasteiger partial charge in [0.05, 0.1) is 11.2 Å². The van der Waals surface area contributed by atoms with Gasteiger partial charge in [-0.05, 0) is 54.9 Å². The Labute approximate surface area is 261 Å². The lowest BCUT2D eigenvalue weighted by molar-refractivity contribution is -0.124. The minimum absolute atomic E-state index is 0.0345. The Morgan fingerprint density at radius 2 is 1.40 bits per heavy atom. The van der Waals surface area contributed by atoms with Crippen LogP contribution in [0.25, 0.3) is 0 Å². The van der Waals surface area contributed by atoms with Crippen LogP contribution in [0.15, 0.2) is 60.7 Å². The Hall–Kier alpha value is -3.04. The maximum absolute atomic E-state index is 12.7. The number of aliphatic hydroxyl groups excluding tert-OH is 1. The van der Waals surface area contributed by atoms with Crippen molar-refractivity contribution >= 4 is 18.5 Å². The van der Waals surface area contributed by atoms with Crippen molar-refractivity contribution in [3.63, 3.8) is 0 Å². The number of primary amides is 1. The molecule has 0 heterocycles. The van der Waals surface area contributed by atoms with Gasteiger partial charge in [-0.25, -0.2) is 0 Å². The van der Waals surface area contributed by atoms with Crippen LogP contribution in [0.5, 0.6) is 11.5 Å². The highest BCUT2D eigenvalue weighted by Gasteiger charge is 2.46. The molecule has 8 heteroatoms. The van der Waals surface area contributed by atoms with Crippen molar-refractivity contribution in [1.29, 1.82) is 0 Å². The number of carbonyl (C=O) groups is 1. The fourth-order valence-corrected chi connectivity index (χ4v) is 6.59. The molecule has 1 aliphatic rings. The molecule has 236 valence electrons. The number of hydrogen-bond donors (Lipinski definition) is 7. The lowest BCUT2D eigenvalue weighted by Crippen LogP contribution is -2.48. The molecule has 0 bridgehead atoms. The smallest absolute Gasteiger partial charge is 0.232 e. The summed E-state index contributed by atoms with van der Waals surface area (Å²) in [6.45, 7) is 9.42. The van der Waals surface area contributed by atoms with Crippen LogP contribution in [0.1, 0.15) is 86.8 Å². The fourth-order valence-electron chi connectivity index (χ4n) is 6.37. The molecule has 0 radical (unpaired) electrons. The lowest BCUT2D eigenvalue weighted by Gasteiger charge is -2.39. The molecule has 0 saturated heterocycles. The monoisotopic (exact) mass is 611 g/mol. The Kier molecular flexibility index (Phi) is 12.7. The zero-order valence-corrected chi connectivity index (χ0v) is 27.2. The second kappa shape index (κ2) is 15.1. The number of carbonyl (C=O) groups excluding carboxylic acids is 1. The molecule has 7 nitrogen and oxygen atoms in total. The molecule has 3 aromatic rings. The van der Waals surface area contributed by atoms with Crippen LogP contribution in [-0.2, 0) is 28.0 Å². The molecule has 0 fully saturated rings. The molecule has 3 atom stereocenters. The molecule has 0 aliphatic heterocycles. The maximum Gasteiger partial charge on any atom is 0.232 e. The number of benzene rings is 3. The summed E-state index contributed by atoms with van der Waals surface area (Å²) in [5.74, 6) is -0.367. The average molecular weight is 612 g/mol. The number of phenolic OH excluding ortho intramolecular Hbond substituents is 2. The average Bonchev–Trinajstić information content (AvgIpc) is 3.34. The van der Waals surface area contributed by atoms with E-state index in [4.69, 9.17) is 10.8 Å². The van der Waals surface area contributed by atoms with E-state index in [1.165, 1.54) is 0 Å². The molecule has 0 aromatic heterocycles. The van der Waals surface area contributed by atoms with Crippen LogP contribution in [0, 0.1) is 12.8 Å². The molecule has 0 saturated carbocycles. The van der Waals surface area contributed by atoms with Gasteiger partial charge < -0.3 is 31.3 Å². The molecule has 3 unspecified atom stereocenters. The van der Waals surface area contributed by atoms with Gasteiger partial charge in [-0.2, -0.15) is 0 Å². The van der Waals surface area contributed by atoms with Gasteiger partial charge in [0.15, 0.2) is 0 Å². The molecule has 43 heavy (non-hydrogen) atoms. The van der Waals surface area contributed by atoms with Crippen LogP contribution in [0.3, 0.4) is 0 Å². The third-order valence-corrected chi connectivity index (χ3v) is 9.07. The summed E-state index contributed by atoms with van der Waals surface area (Å²) in [6, 6.07) is 20.0. The maximum atomic E-state index is 12.7. The van der Waals surface area contributed by atoms with E-state index >= 15 is 0 Å². The number of rotatable bonds is 9. The quantitative estimate of drug-likeness (QED) is 0.123. The Bertz CT molecular complexity index is 1300. The van der Waals surface area contributed by atoms with Gasteiger partial charge in [0.1, 0.15) is 21.8 Å². The van der Waals surface area contributed by atoms with Gasteiger partial charge in [-0.1, -0.05) is 94.3 Å². The highest BCUT2D eigenvalue weighted by Crippen LogP contribution is 2.50. The minimum Gasteiger partial charge on any atom is -0.507 e. The number of phenols is 2. The summed E-state index contributed by atoms with van der Waals surface area (Å²) in [6.07, 6.45) is 3.85. The van der Waals surface area contributed by atoms with Gasteiger partial charge >= 0.3 is 0 Å². The van der Waals surface area contributed by atoms with Crippen molar-refractivity contribution in [2.45, 2.75) is 89.1 Å². The summed E-state index contributed by atoms with van der Waals surface area (Å²) in [7, 11) is 1.00. The first kappa shape index (κ1) is 36.2. The van der Waals surface area contributed by atoms with Crippen LogP contribution in [0.2, 0.25) is 0 Å². The third-order valence-electron chi connectivity index (χ3n) is 8.53. The summed E-state index contributed by atoms with van der Waals surface area (Å²) in [4.78, 5) is 11.1. The first-order chi connectivity index (χ1) is 20.3. The van der Waals surface area contributed by atoms with E-state index < -0.39 is 15.9 Å². The first-order valence-corrected chi connectivity index (χ1v) is 15.3. The van der Waals surface area contributed by atoms with Gasteiger partial charge in [-0.3, -0.25) is 4.79 Å². The Morgan fingerprint density at radius 3 is 1.79 bits per heavy atom. The number of aromatic hydroxyl groups is 2. The highest BCUT2D eigenvalue weighted by atomic mass is 32.1. The van der Waals surface area contributed by atoms with Gasteiger partial charge in [0, 0.05) is 25.5 Å². The van der Waals surface area contributed by atoms with Crippen molar-refractivity contribution in [3.05, 3.63) is 94.0 Å². The molecular formula is C35H49NO6S. The predicted molar refractivity (Wildman–Crippen MR) is 175 cm³/mol. The van der Waals surface area contributed by atoms with Crippen molar-refractivity contribution in [3.8, 4) is 11.5 Å². The van der Waals surface area contributed by atoms with E-state index in [0.717, 1.165) is 43.1 Å². The highest BCUT2D eigenvalue weighted by molar-refractivity contribution is 7.81. The second-order valence-electron chi connectivity index (χ2n) is 11.5. The van der Waals surface area contributed by atoms with Crippen molar-refractivity contribution < 1.29 is 30.3 Å². The fraction of sp³-hybridized carbons (Fsp3) is 0.457. The van der Waals surface area contributed by atoms with Crippen molar-refractivity contribution in [2.75, 3.05) is 7.11 Å². The van der Waals surface area contributed by atoms with E-state index in [2.05, 4.69) is 26.5 Å². The number of nitrogens with two attached hydrogens (primary N) is 1. The third kappa shape index (κ3) is 7.37. The summed E-state index contributed by atoms with van der Waals surface area (Å²) in [5, 5.41) is 47.9. The standard InChI is InChI=1S/C20H25NO.C14H20O4S.CH4O/c1-3-11-16(4-2)20(19(21)22,17-12-7-5-8-13-17)18-14-9-6-10-15-18;1-4-14(18,19)10-11(15)7(2)8-5-13(3,17)6-9(8)12(10)16;1-2/h5-10,12-16H,3-4,11H2,1-2H3,(H2,21,22);15-19H,4-6H2,1-3H3;2H,1H3. The van der Waals surface area contributed by atoms with Gasteiger partial charge in [-0.15, -0.1) is 12.6 Å².